The molecule has 238 valence electrons. The number of halogens is 3. The van der Waals surface area contributed by atoms with Gasteiger partial charge in [-0.2, -0.15) is 9.97 Å². The van der Waals surface area contributed by atoms with Crippen LogP contribution >= 0.6 is 0 Å². The average molecular weight is 630 g/mol. The van der Waals surface area contributed by atoms with Crippen LogP contribution in [0.3, 0.4) is 0 Å². The number of hydrogen-bond donors (Lipinski definition) is 0. The van der Waals surface area contributed by atoms with Crippen molar-refractivity contribution in [2.75, 3.05) is 50.8 Å². The van der Waals surface area contributed by atoms with E-state index < -0.39 is 35.3 Å². The molecule has 0 bridgehead atoms. The standard InChI is InChI=1S/C34H34F3N7O2/c1-19(35)32(45)44-10-9-42(17-22(44)14-38-2)31-27-15-39-29(24-6-3-5-23-25-11-20(25)12-26(23)24)28(37)30(27)40-33(41-31)46-18-34-7-4-8-43(34)16-21(36)13-34/h3,5-6,15,20-22,25H,1,4,7-14,16-18H2/t20-,21+,22-,25-,34-/m0/s1. The summed E-state index contributed by atoms with van der Waals surface area (Å²) in [5.74, 6) is -0.993. The molecule has 5 aliphatic rings. The monoisotopic (exact) mass is 629 g/mol. The van der Waals surface area contributed by atoms with Crippen molar-refractivity contribution >= 4 is 22.6 Å². The van der Waals surface area contributed by atoms with Crippen molar-refractivity contribution in [1.29, 1.82) is 0 Å². The lowest BCUT2D eigenvalue weighted by Crippen LogP contribution is -2.56. The van der Waals surface area contributed by atoms with Crippen molar-refractivity contribution in [3.63, 3.8) is 0 Å². The second-order valence-corrected chi connectivity index (χ2v) is 13.4. The number of benzene rings is 1. The quantitative estimate of drug-likeness (QED) is 0.273. The van der Waals surface area contributed by atoms with Crippen LogP contribution in [0.4, 0.5) is 19.0 Å². The van der Waals surface area contributed by atoms with Crippen LogP contribution in [-0.2, 0) is 11.2 Å². The van der Waals surface area contributed by atoms with E-state index in [0.29, 0.717) is 36.0 Å². The molecule has 9 nitrogen and oxygen atoms in total. The van der Waals surface area contributed by atoms with Crippen LogP contribution < -0.4 is 9.64 Å². The van der Waals surface area contributed by atoms with Crippen LogP contribution in [0.15, 0.2) is 36.8 Å². The number of anilines is 1. The van der Waals surface area contributed by atoms with Gasteiger partial charge in [-0.1, -0.05) is 24.8 Å². The van der Waals surface area contributed by atoms with E-state index in [-0.39, 0.29) is 50.0 Å². The molecule has 3 saturated heterocycles. The van der Waals surface area contributed by atoms with E-state index in [1.807, 2.05) is 17.0 Å². The van der Waals surface area contributed by atoms with Gasteiger partial charge in [-0.3, -0.25) is 14.7 Å². The molecular formula is C34H34F3N7O2. The maximum Gasteiger partial charge on any atom is 0.319 e. The maximum absolute atomic E-state index is 16.7. The first kappa shape index (κ1) is 29.2. The van der Waals surface area contributed by atoms with Gasteiger partial charge in [0.2, 0.25) is 6.54 Å². The van der Waals surface area contributed by atoms with Crippen LogP contribution in [0.1, 0.15) is 42.7 Å². The summed E-state index contributed by atoms with van der Waals surface area (Å²) in [5, 5.41) is 0.366. The van der Waals surface area contributed by atoms with Gasteiger partial charge in [-0.05, 0) is 55.2 Å². The predicted octanol–water partition coefficient (Wildman–Crippen LogP) is 4.87. The smallest absolute Gasteiger partial charge is 0.319 e. The van der Waals surface area contributed by atoms with E-state index in [1.165, 1.54) is 16.9 Å². The number of nitrogens with zero attached hydrogens (tertiary/aromatic N) is 7. The minimum atomic E-state index is -1.09. The van der Waals surface area contributed by atoms with Gasteiger partial charge in [0.25, 0.3) is 5.91 Å². The van der Waals surface area contributed by atoms with Gasteiger partial charge in [-0.25, -0.2) is 19.7 Å². The Balaban J connectivity index is 1.19. The van der Waals surface area contributed by atoms with Crippen molar-refractivity contribution in [3.8, 4) is 17.3 Å². The molecule has 2 aliphatic carbocycles. The van der Waals surface area contributed by atoms with Crippen molar-refractivity contribution in [3.05, 3.63) is 65.2 Å². The summed E-state index contributed by atoms with van der Waals surface area (Å²) in [5.41, 5.74) is 3.00. The molecular weight excluding hydrogens is 595 g/mol. The highest BCUT2D eigenvalue weighted by Crippen LogP contribution is 2.57. The molecule has 8 rings (SSSR count). The van der Waals surface area contributed by atoms with Crippen molar-refractivity contribution in [2.45, 2.75) is 55.8 Å². The normalized spacial score (nSPS) is 28.1. The summed E-state index contributed by atoms with van der Waals surface area (Å²) in [6, 6.07) is 5.32. The Morgan fingerprint density at radius 1 is 1.22 bits per heavy atom. The van der Waals surface area contributed by atoms with Crippen LogP contribution in [0, 0.1) is 18.3 Å². The number of hydrogen-bond acceptors (Lipinski definition) is 7. The number of carbonyl (C=O) groups excluding carboxylic acids is 1. The number of fused-ring (bicyclic) bond motifs is 5. The third-order valence-corrected chi connectivity index (χ3v) is 10.7. The lowest BCUT2D eigenvalue weighted by molar-refractivity contribution is -0.131. The molecule has 1 aromatic carbocycles. The zero-order chi connectivity index (χ0) is 31.7. The average Bonchev–Trinajstić information content (AvgIpc) is 3.39. The van der Waals surface area contributed by atoms with Gasteiger partial charge >= 0.3 is 6.01 Å². The first-order valence-corrected chi connectivity index (χ1v) is 16.0. The number of carbonyl (C=O) groups is 1. The molecule has 3 aliphatic heterocycles. The molecule has 1 amide bonds. The molecule has 0 radical (unpaired) electrons. The number of rotatable bonds is 7. The molecule has 46 heavy (non-hydrogen) atoms. The summed E-state index contributed by atoms with van der Waals surface area (Å²) in [6.07, 6.45) is 4.84. The SMILES string of the molecule is [C-]#[N+]C[C@H]1CN(c2nc(OC[C@@]34CCCN3C[C@H](F)C4)nc3c(F)c(-c4cccc5c4C[C@@H]4C[C@H]54)ncc23)CCN1C(=O)C(=C)F. The third-order valence-electron chi connectivity index (χ3n) is 10.7. The van der Waals surface area contributed by atoms with Crippen LogP contribution in [-0.4, -0.2) is 94.3 Å². The van der Waals surface area contributed by atoms with E-state index in [0.717, 1.165) is 36.9 Å². The lowest BCUT2D eigenvalue weighted by atomic mass is 9.95. The zero-order valence-corrected chi connectivity index (χ0v) is 25.4. The summed E-state index contributed by atoms with van der Waals surface area (Å²) < 4.78 is 51.2. The van der Waals surface area contributed by atoms with Crippen molar-refractivity contribution < 1.29 is 22.7 Å². The Hall–Kier alpha value is -4.24. The van der Waals surface area contributed by atoms with E-state index in [1.54, 1.807) is 6.20 Å². The minimum Gasteiger partial charge on any atom is -0.461 e. The third kappa shape index (κ3) is 4.70. The zero-order valence-electron chi connectivity index (χ0n) is 25.4. The molecule has 5 atom stereocenters. The Bertz CT molecular complexity index is 1810. The minimum absolute atomic E-state index is 0.0287. The van der Waals surface area contributed by atoms with Gasteiger partial charge in [0.1, 0.15) is 35.8 Å². The number of ether oxygens (including phenoxy) is 1. The summed E-state index contributed by atoms with van der Waals surface area (Å²) in [7, 11) is 0. The van der Waals surface area contributed by atoms with Crippen LogP contribution in [0.25, 0.3) is 27.0 Å². The number of pyridine rings is 1. The molecule has 5 heterocycles. The molecule has 3 aromatic rings. The van der Waals surface area contributed by atoms with E-state index in [4.69, 9.17) is 16.3 Å². The fraction of sp³-hybridized carbons (Fsp3) is 0.500. The summed E-state index contributed by atoms with van der Waals surface area (Å²) in [6.45, 7) is 12.4. The highest BCUT2D eigenvalue weighted by molar-refractivity contribution is 5.93. The largest absolute Gasteiger partial charge is 0.461 e. The van der Waals surface area contributed by atoms with Gasteiger partial charge in [0.15, 0.2) is 11.6 Å². The number of piperazine rings is 1. The first-order valence-electron chi connectivity index (χ1n) is 16.0. The summed E-state index contributed by atoms with van der Waals surface area (Å²) >= 11 is 0. The van der Waals surface area contributed by atoms with E-state index in [9.17, 15) is 13.6 Å². The molecule has 4 fully saturated rings. The van der Waals surface area contributed by atoms with Gasteiger partial charge in [-0.15, -0.1) is 0 Å². The Morgan fingerprint density at radius 2 is 2.09 bits per heavy atom. The molecule has 1 saturated carbocycles. The fourth-order valence-corrected chi connectivity index (χ4v) is 8.41. The molecule has 0 spiro atoms. The highest BCUT2D eigenvalue weighted by atomic mass is 19.1. The molecule has 0 unspecified atom stereocenters. The second-order valence-electron chi connectivity index (χ2n) is 13.4. The lowest BCUT2D eigenvalue weighted by Gasteiger charge is -2.39. The molecule has 12 heteroatoms. The first-order chi connectivity index (χ1) is 22.3. The Labute approximate surface area is 264 Å². The van der Waals surface area contributed by atoms with Crippen LogP contribution in [0.5, 0.6) is 6.01 Å². The van der Waals surface area contributed by atoms with Gasteiger partial charge in [0, 0.05) is 44.4 Å². The Kier molecular flexibility index (Phi) is 6.94. The van der Waals surface area contributed by atoms with Crippen molar-refractivity contribution in [1.82, 2.24) is 24.8 Å². The number of amides is 1. The second kappa shape index (κ2) is 10.9. The number of alkyl halides is 1. The topological polar surface area (TPSA) is 79.1 Å². The Morgan fingerprint density at radius 3 is 2.91 bits per heavy atom. The molecule has 2 aromatic heterocycles. The molecule has 0 N–H and O–H groups in total. The van der Waals surface area contributed by atoms with Crippen molar-refractivity contribution in [2.24, 2.45) is 5.92 Å². The fourth-order valence-electron chi connectivity index (χ4n) is 8.41. The van der Waals surface area contributed by atoms with Crippen LogP contribution in [0.2, 0.25) is 0 Å². The highest BCUT2D eigenvalue weighted by Gasteiger charge is 2.50. The predicted molar refractivity (Wildman–Crippen MR) is 165 cm³/mol. The van der Waals surface area contributed by atoms with Gasteiger partial charge in [0.05, 0.1) is 10.9 Å². The van der Waals surface area contributed by atoms with Gasteiger partial charge < -0.3 is 19.4 Å². The number of aromatic nitrogens is 3. The summed E-state index contributed by atoms with van der Waals surface area (Å²) in [4.78, 5) is 35.2. The maximum atomic E-state index is 16.7. The van der Waals surface area contributed by atoms with E-state index >= 15 is 4.39 Å². The van der Waals surface area contributed by atoms with E-state index in [2.05, 4.69) is 32.4 Å².